The van der Waals surface area contributed by atoms with Crippen molar-refractivity contribution < 1.29 is 80.2 Å². The molecule has 97 heavy (non-hydrogen) atoms. The predicted octanol–water partition coefficient (Wildman–Crippen LogP) is 22.8. The molecule has 0 bridgehead atoms. The fraction of sp³-hybridized carbons (Fsp3) is 0.949. The van der Waals surface area contributed by atoms with Gasteiger partial charge in [-0.2, -0.15) is 0 Å². The molecule has 0 aromatic carbocycles. The average Bonchev–Trinajstić information content (AvgIpc) is 1.24. The van der Waals surface area contributed by atoms with Crippen LogP contribution in [0.2, 0.25) is 0 Å². The molecule has 0 aliphatic rings. The van der Waals surface area contributed by atoms with Crippen molar-refractivity contribution in [2.24, 2.45) is 23.7 Å². The minimum atomic E-state index is -4.96. The summed E-state index contributed by atoms with van der Waals surface area (Å²) in [7, 11) is -9.92. The highest BCUT2D eigenvalue weighted by Crippen LogP contribution is 2.45. The van der Waals surface area contributed by atoms with E-state index in [2.05, 4.69) is 55.4 Å². The van der Waals surface area contributed by atoms with Crippen molar-refractivity contribution >= 4 is 39.5 Å². The molecule has 17 nitrogen and oxygen atoms in total. The topological polar surface area (TPSA) is 237 Å². The molecule has 0 radical (unpaired) electrons. The second-order valence-electron chi connectivity index (χ2n) is 30.0. The summed E-state index contributed by atoms with van der Waals surface area (Å²) < 4.78 is 68.6. The van der Waals surface area contributed by atoms with Crippen molar-refractivity contribution in [1.29, 1.82) is 0 Å². The molecule has 0 heterocycles. The SMILES string of the molecule is CC(C)CCCCCCCCCCCCCCCC(=O)O[C@H](COC(=O)CCCCCCCCCCCCCCC(C)C)COP(=O)(O)OCC(O)COP(=O)(O)OC[C@@H](COC(=O)CCCCCCCCCC(C)C)OC(=O)CCCCCCCCCCCCCCCC(C)C. The van der Waals surface area contributed by atoms with Crippen LogP contribution < -0.4 is 0 Å². The molecule has 0 amide bonds. The van der Waals surface area contributed by atoms with Gasteiger partial charge in [-0.25, -0.2) is 9.13 Å². The molecule has 0 saturated carbocycles. The molecule has 0 spiro atoms. The maximum Gasteiger partial charge on any atom is 0.472 e. The van der Waals surface area contributed by atoms with E-state index in [0.29, 0.717) is 31.6 Å². The van der Waals surface area contributed by atoms with Gasteiger partial charge in [0.1, 0.15) is 19.3 Å². The van der Waals surface area contributed by atoms with E-state index in [-0.39, 0.29) is 25.7 Å². The zero-order chi connectivity index (χ0) is 71.7. The third-order valence-electron chi connectivity index (χ3n) is 18.1. The third kappa shape index (κ3) is 72.2. The second-order valence-corrected chi connectivity index (χ2v) is 32.9. The number of unbranched alkanes of at least 4 members (excludes halogenated alkanes) is 41. The van der Waals surface area contributed by atoms with E-state index in [1.54, 1.807) is 0 Å². The third-order valence-corrected chi connectivity index (χ3v) is 20.0. The maximum atomic E-state index is 13.1. The number of aliphatic hydroxyl groups excluding tert-OH is 1. The molecule has 0 aromatic heterocycles. The standard InChI is InChI=1S/C78H152O17P2/c1-68(2)54-46-38-30-23-17-11-9-13-21-27-35-44-52-60-77(82)94-73(64-88-75(80)58-50-42-34-26-20-16-15-19-25-32-40-48-56-70(5)6)66-92-96(84,85)90-62-72(79)63-91-97(86,87)93-67-74(65-89-76(81)59-51-43-37-29-33-41-49-57-71(7)8)95-78(83)61-53-45-36-28-22-14-10-12-18-24-31-39-47-55-69(3)4/h68-74,79H,9-67H2,1-8H3,(H,84,85)(H,86,87)/t72?,73-,74-/m1/s1. The van der Waals surface area contributed by atoms with Crippen molar-refractivity contribution in [3.63, 3.8) is 0 Å². The number of hydrogen-bond donors (Lipinski definition) is 3. The number of carbonyl (C=O) groups excluding carboxylic acids is 4. The zero-order valence-corrected chi connectivity index (χ0v) is 65.5. The first-order valence-corrected chi connectivity index (χ1v) is 43.2. The van der Waals surface area contributed by atoms with Crippen LogP contribution in [0.5, 0.6) is 0 Å². The summed E-state index contributed by atoms with van der Waals surface area (Å²) in [4.78, 5) is 72.9. The lowest BCUT2D eigenvalue weighted by atomic mass is 10.0. The van der Waals surface area contributed by atoms with Gasteiger partial charge >= 0.3 is 39.5 Å². The first-order chi connectivity index (χ1) is 46.6. The van der Waals surface area contributed by atoms with E-state index in [4.69, 9.17) is 37.0 Å². The number of rotatable bonds is 75. The second kappa shape index (κ2) is 67.2. The van der Waals surface area contributed by atoms with Gasteiger partial charge < -0.3 is 33.8 Å². The Bertz CT molecular complexity index is 1900. The molecular formula is C78H152O17P2. The Morgan fingerprint density at radius 2 is 0.433 bits per heavy atom. The van der Waals surface area contributed by atoms with E-state index in [9.17, 15) is 43.2 Å². The minimum absolute atomic E-state index is 0.106. The van der Waals surface area contributed by atoms with Gasteiger partial charge in [0.25, 0.3) is 0 Å². The smallest absolute Gasteiger partial charge is 0.462 e. The Balaban J connectivity index is 5.25. The summed E-state index contributed by atoms with van der Waals surface area (Å²) >= 11 is 0. The number of phosphoric ester groups is 2. The molecule has 0 saturated heterocycles. The van der Waals surface area contributed by atoms with Crippen LogP contribution >= 0.6 is 15.6 Å². The van der Waals surface area contributed by atoms with Gasteiger partial charge in [-0.3, -0.25) is 37.3 Å². The zero-order valence-electron chi connectivity index (χ0n) is 63.7. The van der Waals surface area contributed by atoms with Crippen LogP contribution in [0.4, 0.5) is 0 Å². The first kappa shape index (κ1) is 95.1. The highest BCUT2D eigenvalue weighted by molar-refractivity contribution is 7.47. The summed E-state index contributed by atoms with van der Waals surface area (Å²) in [5.41, 5.74) is 0. The number of ether oxygens (including phenoxy) is 4. The monoisotopic (exact) mass is 1420 g/mol. The van der Waals surface area contributed by atoms with Crippen molar-refractivity contribution in [2.45, 2.75) is 414 Å². The molecule has 0 aliphatic heterocycles. The fourth-order valence-electron chi connectivity index (χ4n) is 11.9. The molecule has 576 valence electrons. The Hall–Kier alpha value is -1.94. The molecule has 0 aliphatic carbocycles. The van der Waals surface area contributed by atoms with Crippen LogP contribution in [0.15, 0.2) is 0 Å². The molecule has 19 heteroatoms. The van der Waals surface area contributed by atoms with Gasteiger partial charge in [0.15, 0.2) is 12.2 Å². The number of hydrogen-bond acceptors (Lipinski definition) is 15. The van der Waals surface area contributed by atoms with E-state index in [1.165, 1.54) is 193 Å². The highest BCUT2D eigenvalue weighted by atomic mass is 31.2. The van der Waals surface area contributed by atoms with Crippen LogP contribution in [-0.2, 0) is 65.4 Å². The molecule has 0 aromatic rings. The number of carbonyl (C=O) groups is 4. The van der Waals surface area contributed by atoms with Crippen LogP contribution in [-0.4, -0.2) is 96.7 Å². The van der Waals surface area contributed by atoms with Crippen molar-refractivity contribution in [3.05, 3.63) is 0 Å². The van der Waals surface area contributed by atoms with E-state index >= 15 is 0 Å². The predicted molar refractivity (Wildman–Crippen MR) is 395 cm³/mol. The van der Waals surface area contributed by atoms with Crippen molar-refractivity contribution in [2.75, 3.05) is 39.6 Å². The van der Waals surface area contributed by atoms with Crippen molar-refractivity contribution in [3.8, 4) is 0 Å². The number of esters is 4. The quantitative estimate of drug-likeness (QED) is 0.0222. The van der Waals surface area contributed by atoms with Crippen LogP contribution in [0, 0.1) is 23.7 Å². The lowest BCUT2D eigenvalue weighted by Gasteiger charge is -2.21. The number of aliphatic hydroxyl groups is 1. The Morgan fingerprint density at radius 3 is 0.639 bits per heavy atom. The van der Waals surface area contributed by atoms with Gasteiger partial charge in [0, 0.05) is 25.7 Å². The number of phosphoric acid groups is 2. The van der Waals surface area contributed by atoms with Gasteiger partial charge in [0.2, 0.25) is 0 Å². The van der Waals surface area contributed by atoms with E-state index in [0.717, 1.165) is 114 Å². The highest BCUT2D eigenvalue weighted by Gasteiger charge is 2.30. The average molecular weight is 1420 g/mol. The van der Waals surface area contributed by atoms with Gasteiger partial charge in [-0.15, -0.1) is 0 Å². The molecule has 0 rings (SSSR count). The molecule has 0 fully saturated rings. The summed E-state index contributed by atoms with van der Waals surface area (Å²) in [6, 6.07) is 0. The van der Waals surface area contributed by atoms with E-state index < -0.39 is 97.5 Å². The molecular weight excluding hydrogens is 1270 g/mol. The normalized spacial score (nSPS) is 14.1. The summed E-state index contributed by atoms with van der Waals surface area (Å²) in [6.45, 7) is 14.2. The summed E-state index contributed by atoms with van der Waals surface area (Å²) in [6.07, 6.45) is 52.7. The molecule has 3 N–H and O–H groups in total. The maximum absolute atomic E-state index is 13.1. The Labute approximate surface area is 594 Å². The van der Waals surface area contributed by atoms with Gasteiger partial charge in [-0.05, 0) is 49.4 Å². The van der Waals surface area contributed by atoms with Crippen molar-refractivity contribution in [1.82, 2.24) is 0 Å². The Morgan fingerprint density at radius 1 is 0.258 bits per heavy atom. The molecule has 5 atom stereocenters. The van der Waals surface area contributed by atoms with Crippen LogP contribution in [0.3, 0.4) is 0 Å². The lowest BCUT2D eigenvalue weighted by Crippen LogP contribution is -2.30. The Kier molecular flexibility index (Phi) is 65.9. The lowest BCUT2D eigenvalue weighted by molar-refractivity contribution is -0.161. The summed E-state index contributed by atoms with van der Waals surface area (Å²) in [5.74, 6) is 0.942. The van der Waals surface area contributed by atoms with E-state index in [1.807, 2.05) is 0 Å². The minimum Gasteiger partial charge on any atom is -0.462 e. The van der Waals surface area contributed by atoms with Gasteiger partial charge in [-0.1, -0.05) is 344 Å². The van der Waals surface area contributed by atoms with Crippen LogP contribution in [0.25, 0.3) is 0 Å². The first-order valence-electron chi connectivity index (χ1n) is 40.2. The summed E-state index contributed by atoms with van der Waals surface area (Å²) in [5, 5.41) is 10.6. The van der Waals surface area contributed by atoms with Gasteiger partial charge in [0.05, 0.1) is 26.4 Å². The molecule has 3 unspecified atom stereocenters. The van der Waals surface area contributed by atoms with Crippen LogP contribution in [0.1, 0.15) is 396 Å². The largest absolute Gasteiger partial charge is 0.472 e. The fourth-order valence-corrected chi connectivity index (χ4v) is 13.5.